The summed E-state index contributed by atoms with van der Waals surface area (Å²) in [5, 5.41) is 0. The van der Waals surface area contributed by atoms with Gasteiger partial charge in [-0.1, -0.05) is 29.8 Å². The Morgan fingerprint density at radius 3 is 2.43 bits per heavy atom. The number of hydrogen-bond donors (Lipinski definition) is 0. The summed E-state index contributed by atoms with van der Waals surface area (Å²) in [5.41, 5.74) is 4.95. The average molecular weight is 319 g/mol. The number of benzene rings is 2. The van der Waals surface area contributed by atoms with E-state index in [0.29, 0.717) is 6.54 Å². The molecular formula is C18H16F3NO. The molecule has 120 valence electrons. The van der Waals surface area contributed by atoms with Gasteiger partial charge in [-0.2, -0.15) is 0 Å². The Morgan fingerprint density at radius 1 is 1.00 bits per heavy atom. The van der Waals surface area contributed by atoms with Crippen LogP contribution in [0.25, 0.3) is 6.08 Å². The first-order valence-electron chi connectivity index (χ1n) is 7.23. The fraction of sp³-hybridized carbons (Fsp3) is 0.222. The van der Waals surface area contributed by atoms with Crippen molar-refractivity contribution < 1.29 is 17.9 Å². The Morgan fingerprint density at radius 2 is 1.74 bits per heavy atom. The Bertz CT molecular complexity index is 765. The Hall–Kier alpha value is -2.43. The van der Waals surface area contributed by atoms with E-state index in [0.717, 1.165) is 22.5 Å². The third-order valence-corrected chi connectivity index (χ3v) is 3.73. The van der Waals surface area contributed by atoms with Crippen LogP contribution < -0.4 is 9.64 Å². The zero-order chi connectivity index (χ0) is 16.6. The van der Waals surface area contributed by atoms with Crippen LogP contribution in [-0.4, -0.2) is 12.9 Å². The van der Waals surface area contributed by atoms with E-state index < -0.39 is 6.36 Å². The highest BCUT2D eigenvalue weighted by Crippen LogP contribution is 2.37. The van der Waals surface area contributed by atoms with Crippen molar-refractivity contribution in [3.63, 3.8) is 0 Å². The lowest BCUT2D eigenvalue weighted by Crippen LogP contribution is -2.24. The normalized spacial score (nSPS) is 14.3. The van der Waals surface area contributed by atoms with Crippen LogP contribution in [-0.2, 0) is 0 Å². The predicted molar refractivity (Wildman–Crippen MR) is 85.0 cm³/mol. The quantitative estimate of drug-likeness (QED) is 0.730. The van der Waals surface area contributed by atoms with Gasteiger partial charge in [0, 0.05) is 17.9 Å². The third kappa shape index (κ3) is 3.33. The molecule has 0 atom stereocenters. The predicted octanol–water partition coefficient (Wildman–Crippen LogP) is 5.45. The van der Waals surface area contributed by atoms with Crippen molar-refractivity contribution in [2.24, 2.45) is 0 Å². The number of ether oxygens (including phenoxy) is 1. The largest absolute Gasteiger partial charge is 0.573 e. The van der Waals surface area contributed by atoms with Crippen LogP contribution in [0.1, 0.15) is 18.1 Å². The molecule has 5 heteroatoms. The van der Waals surface area contributed by atoms with Crippen molar-refractivity contribution in [3.8, 4) is 5.75 Å². The summed E-state index contributed by atoms with van der Waals surface area (Å²) in [4.78, 5) is 2.11. The van der Waals surface area contributed by atoms with Crippen LogP contribution in [0, 0.1) is 6.92 Å². The smallest absolute Gasteiger partial charge is 0.406 e. The number of rotatable bonds is 2. The summed E-state index contributed by atoms with van der Waals surface area (Å²) in [5.74, 6) is -0.198. The molecule has 1 aliphatic rings. The van der Waals surface area contributed by atoms with Crippen molar-refractivity contribution in [1.29, 1.82) is 0 Å². The number of halogens is 3. The van der Waals surface area contributed by atoms with Gasteiger partial charge >= 0.3 is 6.36 Å². The molecule has 0 radical (unpaired) electrons. The monoisotopic (exact) mass is 319 g/mol. The summed E-state index contributed by atoms with van der Waals surface area (Å²) < 4.78 is 41.0. The SMILES string of the molecule is CC1=Cc2ccccc2N(c2ccc(OC(F)(F)F)cc2C)C1. The molecule has 2 nitrogen and oxygen atoms in total. The second-order valence-electron chi connectivity index (χ2n) is 5.63. The highest BCUT2D eigenvalue weighted by atomic mass is 19.4. The zero-order valence-electron chi connectivity index (χ0n) is 12.8. The van der Waals surface area contributed by atoms with E-state index in [1.807, 2.05) is 31.2 Å². The lowest BCUT2D eigenvalue weighted by molar-refractivity contribution is -0.274. The van der Waals surface area contributed by atoms with Gasteiger partial charge in [0.05, 0.1) is 0 Å². The van der Waals surface area contributed by atoms with E-state index in [1.54, 1.807) is 13.0 Å². The standard InChI is InChI=1S/C18H16F3NO/c1-12-9-14-5-3-4-6-17(14)22(11-12)16-8-7-15(10-13(16)2)23-18(19,20)21/h3-10H,11H2,1-2H3. The summed E-state index contributed by atoms with van der Waals surface area (Å²) >= 11 is 0. The molecule has 0 aliphatic carbocycles. The van der Waals surface area contributed by atoms with Crippen molar-refractivity contribution in [2.45, 2.75) is 20.2 Å². The molecule has 0 fully saturated rings. The number of fused-ring (bicyclic) bond motifs is 1. The molecule has 0 amide bonds. The summed E-state index contributed by atoms with van der Waals surface area (Å²) in [6.07, 6.45) is -2.55. The second kappa shape index (κ2) is 5.65. The number of hydrogen-bond acceptors (Lipinski definition) is 2. The van der Waals surface area contributed by atoms with Crippen LogP contribution in [0.3, 0.4) is 0 Å². The molecule has 0 bridgehead atoms. The van der Waals surface area contributed by atoms with E-state index in [-0.39, 0.29) is 5.75 Å². The van der Waals surface area contributed by atoms with Gasteiger partial charge in [0.2, 0.25) is 0 Å². The lowest BCUT2D eigenvalue weighted by Gasteiger charge is -2.32. The first-order chi connectivity index (χ1) is 10.8. The van der Waals surface area contributed by atoms with Crippen LogP contribution in [0.2, 0.25) is 0 Å². The number of nitrogens with zero attached hydrogens (tertiary/aromatic N) is 1. The highest BCUT2D eigenvalue weighted by molar-refractivity contribution is 5.80. The minimum atomic E-state index is -4.68. The fourth-order valence-electron chi connectivity index (χ4n) is 2.84. The van der Waals surface area contributed by atoms with Crippen LogP contribution in [0.5, 0.6) is 5.75 Å². The van der Waals surface area contributed by atoms with E-state index in [4.69, 9.17) is 0 Å². The van der Waals surface area contributed by atoms with Gasteiger partial charge in [-0.3, -0.25) is 0 Å². The summed E-state index contributed by atoms with van der Waals surface area (Å²) in [6, 6.07) is 12.4. The van der Waals surface area contributed by atoms with E-state index >= 15 is 0 Å². The van der Waals surface area contributed by atoms with Gasteiger partial charge < -0.3 is 9.64 Å². The van der Waals surface area contributed by atoms with Gasteiger partial charge in [0.15, 0.2) is 0 Å². The van der Waals surface area contributed by atoms with Crippen molar-refractivity contribution >= 4 is 17.5 Å². The number of anilines is 2. The minimum absolute atomic E-state index is 0.198. The van der Waals surface area contributed by atoms with Crippen molar-refractivity contribution in [2.75, 3.05) is 11.4 Å². The molecule has 2 aromatic rings. The molecule has 0 N–H and O–H groups in total. The lowest BCUT2D eigenvalue weighted by atomic mass is 10.0. The molecule has 0 saturated heterocycles. The molecular weight excluding hydrogens is 303 g/mol. The summed E-state index contributed by atoms with van der Waals surface area (Å²) in [7, 11) is 0. The molecule has 0 unspecified atom stereocenters. The van der Waals surface area contributed by atoms with Gasteiger partial charge in [-0.25, -0.2) is 0 Å². The Balaban J connectivity index is 1.98. The molecule has 0 aromatic heterocycles. The number of para-hydroxylation sites is 1. The topological polar surface area (TPSA) is 12.5 Å². The fourth-order valence-corrected chi connectivity index (χ4v) is 2.84. The minimum Gasteiger partial charge on any atom is -0.406 e. The van der Waals surface area contributed by atoms with Crippen LogP contribution >= 0.6 is 0 Å². The maximum Gasteiger partial charge on any atom is 0.573 e. The maximum absolute atomic E-state index is 12.3. The number of alkyl halides is 3. The Labute approximate surface area is 132 Å². The molecule has 1 aliphatic heterocycles. The first kappa shape index (κ1) is 15.5. The molecule has 2 aromatic carbocycles. The molecule has 0 spiro atoms. The van der Waals surface area contributed by atoms with E-state index in [1.165, 1.54) is 17.7 Å². The van der Waals surface area contributed by atoms with E-state index in [9.17, 15) is 13.2 Å². The van der Waals surface area contributed by atoms with Crippen LogP contribution in [0.4, 0.5) is 24.5 Å². The van der Waals surface area contributed by atoms with Gasteiger partial charge in [-0.15, -0.1) is 13.2 Å². The maximum atomic E-state index is 12.3. The van der Waals surface area contributed by atoms with Gasteiger partial charge in [0.25, 0.3) is 0 Å². The molecule has 3 rings (SSSR count). The van der Waals surface area contributed by atoms with Gasteiger partial charge in [-0.05, 0) is 49.2 Å². The van der Waals surface area contributed by atoms with Crippen molar-refractivity contribution in [1.82, 2.24) is 0 Å². The van der Waals surface area contributed by atoms with E-state index in [2.05, 4.69) is 15.7 Å². The van der Waals surface area contributed by atoms with Gasteiger partial charge in [0.1, 0.15) is 5.75 Å². The van der Waals surface area contributed by atoms with Crippen molar-refractivity contribution in [3.05, 3.63) is 59.2 Å². The Kier molecular flexibility index (Phi) is 3.80. The zero-order valence-corrected chi connectivity index (χ0v) is 12.8. The van der Waals surface area contributed by atoms with Crippen LogP contribution in [0.15, 0.2) is 48.0 Å². The third-order valence-electron chi connectivity index (χ3n) is 3.73. The average Bonchev–Trinajstić information content (AvgIpc) is 2.45. The first-order valence-corrected chi connectivity index (χ1v) is 7.23. The highest BCUT2D eigenvalue weighted by Gasteiger charge is 2.31. The molecule has 0 saturated carbocycles. The summed E-state index contributed by atoms with van der Waals surface area (Å²) in [6.45, 7) is 4.53. The second-order valence-corrected chi connectivity index (χ2v) is 5.63. The molecule has 23 heavy (non-hydrogen) atoms. The molecule has 1 heterocycles. The number of aryl methyl sites for hydroxylation is 1.